The summed E-state index contributed by atoms with van der Waals surface area (Å²) >= 11 is 4.88. The Hall–Kier alpha value is -4.79. The van der Waals surface area contributed by atoms with Gasteiger partial charge in [0.05, 0.1) is 6.33 Å². The van der Waals surface area contributed by atoms with Crippen LogP contribution in [-0.4, -0.2) is 103 Å². The van der Waals surface area contributed by atoms with E-state index in [0.29, 0.717) is 34.1 Å². The number of ketones is 3. The number of aliphatic carboxylic acids is 1. The van der Waals surface area contributed by atoms with E-state index in [-0.39, 0.29) is 53.2 Å². The first-order chi connectivity index (χ1) is 25.9. The number of hydrogen-bond donors (Lipinski definition) is 6. The number of nitrogens with zero attached hydrogens (tertiary/aromatic N) is 6. The van der Waals surface area contributed by atoms with Crippen LogP contribution < -0.4 is 5.32 Å². The fourth-order valence-electron chi connectivity index (χ4n) is 8.61. The van der Waals surface area contributed by atoms with Crippen molar-refractivity contribution in [2.45, 2.75) is 74.6 Å². The number of hydrogen-bond acceptors (Lipinski definition) is 15. The van der Waals surface area contributed by atoms with Crippen molar-refractivity contribution >= 4 is 70.6 Å². The van der Waals surface area contributed by atoms with E-state index in [1.165, 1.54) is 25.9 Å². The summed E-state index contributed by atoms with van der Waals surface area (Å²) in [6.07, 6.45) is 12.1. The second kappa shape index (κ2) is 16.1. The number of H-pyrrole nitrogens is 1. The fourth-order valence-corrected chi connectivity index (χ4v) is 9.81. The highest BCUT2D eigenvalue weighted by atomic mass is 32.2. The van der Waals surface area contributed by atoms with Gasteiger partial charge in [0.15, 0.2) is 22.2 Å². The lowest BCUT2D eigenvalue weighted by Gasteiger charge is -2.56. The molecule has 3 heterocycles. The Labute approximate surface area is 324 Å². The Kier molecular flexibility index (Phi) is 12.1. The maximum absolute atomic E-state index is 13.3. The first-order valence-electron chi connectivity index (χ1n) is 17.3. The lowest BCUT2D eigenvalue weighted by Crippen LogP contribution is -2.60. The number of carbonyl (C=O) groups excluding carboxylic acids is 4. The smallest absolute Gasteiger partial charge is 0.396 e. The van der Waals surface area contributed by atoms with Gasteiger partial charge in [0.25, 0.3) is 0 Å². The molecule has 1 amide bonds. The summed E-state index contributed by atoms with van der Waals surface area (Å²) in [6, 6.07) is -0.874. The van der Waals surface area contributed by atoms with Crippen molar-refractivity contribution in [1.82, 2.24) is 34.8 Å². The molecule has 4 aliphatic rings. The van der Waals surface area contributed by atoms with Crippen LogP contribution in [0.1, 0.15) is 52.9 Å². The molecule has 20 heteroatoms. The zero-order chi connectivity index (χ0) is 40.5. The molecular weight excluding hydrogens is 757 g/mol. The van der Waals surface area contributed by atoms with Crippen molar-refractivity contribution in [2.75, 3.05) is 12.4 Å². The van der Waals surface area contributed by atoms with Gasteiger partial charge in [-0.2, -0.15) is 12.6 Å². The first-order valence-corrected chi connectivity index (χ1v) is 18.8. The van der Waals surface area contributed by atoms with Crippen molar-refractivity contribution in [3.63, 3.8) is 0 Å². The zero-order valence-corrected chi connectivity index (χ0v) is 32.2. The number of carbonyl (C=O) groups is 5. The number of aromatic nitrogens is 6. The van der Waals surface area contributed by atoms with Crippen LogP contribution in [0.5, 0.6) is 0 Å². The Morgan fingerprint density at radius 3 is 2.55 bits per heavy atom. The molecule has 0 aromatic carbocycles. The number of fused-ring (bicyclic) bond motifs is 6. The normalized spacial score (nSPS) is 28.3. The molecule has 0 bridgehead atoms. The number of thiol groups is 1. The molecule has 7 atom stereocenters. The predicted octanol–water partition coefficient (Wildman–Crippen LogP) is 2.42. The first kappa shape index (κ1) is 41.4. The van der Waals surface area contributed by atoms with Gasteiger partial charge in [-0.1, -0.05) is 25.5 Å². The number of carboxylic acids is 1. The van der Waals surface area contributed by atoms with Crippen LogP contribution in [0.25, 0.3) is 11.2 Å². The average Bonchev–Trinajstić information content (AvgIpc) is 3.84. The molecule has 0 saturated heterocycles. The number of aliphatic hydroxyl groups is 2. The number of imidazole rings is 2. The Balaban J connectivity index is 0.000000175. The number of aryl methyl sites for hydroxylation is 1. The molecular formula is C35H42N8O10S2. The number of amides is 1. The maximum Gasteiger partial charge on any atom is 0.396 e. The summed E-state index contributed by atoms with van der Waals surface area (Å²) in [7, 11) is 1.69. The number of nitro groups is 1. The van der Waals surface area contributed by atoms with Gasteiger partial charge < -0.3 is 40.3 Å². The van der Waals surface area contributed by atoms with E-state index in [1.54, 1.807) is 23.8 Å². The number of allylic oxidation sites excluding steroid dienone is 4. The molecule has 3 aromatic rings. The summed E-state index contributed by atoms with van der Waals surface area (Å²) in [5, 5.41) is 42.9. The van der Waals surface area contributed by atoms with Crippen molar-refractivity contribution in [3.05, 3.63) is 52.9 Å². The van der Waals surface area contributed by atoms with E-state index < -0.39 is 45.8 Å². The molecule has 3 aromatic heterocycles. The van der Waals surface area contributed by atoms with Gasteiger partial charge in [0.2, 0.25) is 12.2 Å². The lowest BCUT2D eigenvalue weighted by molar-refractivity contribution is -0.392. The fraction of sp³-hybridized carbons (Fsp3) is 0.514. The third-order valence-electron chi connectivity index (χ3n) is 11.3. The van der Waals surface area contributed by atoms with E-state index in [9.17, 15) is 44.3 Å². The highest BCUT2D eigenvalue weighted by Crippen LogP contribution is 2.66. The van der Waals surface area contributed by atoms with Crippen LogP contribution in [0, 0.1) is 38.7 Å². The quantitative estimate of drug-likeness (QED) is 0.0827. The molecule has 18 nitrogen and oxygen atoms in total. The lowest BCUT2D eigenvalue weighted by atomic mass is 9.46. The average molecular weight is 799 g/mol. The molecule has 3 saturated carbocycles. The van der Waals surface area contributed by atoms with E-state index in [2.05, 4.69) is 42.9 Å². The van der Waals surface area contributed by atoms with Crippen molar-refractivity contribution in [3.8, 4) is 0 Å². The van der Waals surface area contributed by atoms with Crippen molar-refractivity contribution < 1.29 is 44.2 Å². The summed E-state index contributed by atoms with van der Waals surface area (Å²) in [6.45, 7) is 4.45. The van der Waals surface area contributed by atoms with Crippen LogP contribution in [0.15, 0.2) is 52.8 Å². The number of carboxylic acid groups (broad SMARTS) is 1. The molecule has 0 aliphatic heterocycles. The van der Waals surface area contributed by atoms with Crippen molar-refractivity contribution in [2.24, 2.45) is 35.6 Å². The Bertz CT molecular complexity index is 2100. The molecule has 55 heavy (non-hydrogen) atoms. The van der Waals surface area contributed by atoms with Gasteiger partial charge >= 0.3 is 11.8 Å². The van der Waals surface area contributed by atoms with E-state index in [1.807, 2.05) is 19.9 Å². The second-order valence-corrected chi connectivity index (χ2v) is 15.8. The number of nitrogens with one attached hydrogen (secondary N) is 2. The third kappa shape index (κ3) is 7.72. The molecule has 5 N–H and O–H groups in total. The Morgan fingerprint density at radius 1 is 1.20 bits per heavy atom. The standard InChI is InChI=1S/C21H26O5.C9H7N7O2S.C5H9NO3S/c1-19-7-5-13(23)9-12(19)3-4-14-15-6-8-21(26,17(25)11-22)20(15,2)10-16(24)18(14)19;1-15-4-14-7(16(17)18)9(15)19-8-5-6(11-2-10-5)12-3-13-8;1-3(7)6-4(2-10)5(8)9/h5,7,9,14-15,18,22,26H,3-4,6,8,10-11H2,1-2H3;2-4H,1H3,(H,10,11,12,13);4,10H,2H2,1H3,(H,6,7)(H,8,9)/t14-,15-,18+,19-,20-,21-;;/m0../s1. The van der Waals surface area contributed by atoms with Crippen LogP contribution in [0.4, 0.5) is 5.82 Å². The maximum atomic E-state index is 13.3. The molecule has 0 radical (unpaired) electrons. The van der Waals surface area contributed by atoms with Gasteiger partial charge in [0.1, 0.15) is 40.9 Å². The predicted molar refractivity (Wildman–Crippen MR) is 199 cm³/mol. The minimum Gasteiger partial charge on any atom is -0.480 e. The van der Waals surface area contributed by atoms with Crippen LogP contribution in [-0.2, 0) is 31.0 Å². The number of aliphatic hydroxyl groups excluding tert-OH is 1. The largest absolute Gasteiger partial charge is 0.480 e. The van der Waals surface area contributed by atoms with E-state index in [0.717, 1.165) is 30.2 Å². The molecule has 3 fully saturated rings. The molecule has 4 aliphatic carbocycles. The summed E-state index contributed by atoms with van der Waals surface area (Å²) < 4.78 is 1.58. The van der Waals surface area contributed by atoms with Gasteiger partial charge in [-0.3, -0.25) is 19.2 Å². The Morgan fingerprint density at radius 2 is 1.93 bits per heavy atom. The molecule has 0 spiro atoms. The van der Waals surface area contributed by atoms with Crippen LogP contribution >= 0.6 is 24.4 Å². The number of Topliss-reactive ketones (excluding diaryl/α,β-unsaturated/α-hetero) is 2. The highest BCUT2D eigenvalue weighted by Gasteiger charge is 2.68. The van der Waals surface area contributed by atoms with Gasteiger partial charge in [-0.15, -0.1) is 0 Å². The highest BCUT2D eigenvalue weighted by molar-refractivity contribution is 7.99. The molecule has 1 unspecified atom stereocenters. The second-order valence-electron chi connectivity index (χ2n) is 14.4. The van der Waals surface area contributed by atoms with Gasteiger partial charge in [0, 0.05) is 42.9 Å². The van der Waals surface area contributed by atoms with Crippen LogP contribution in [0.3, 0.4) is 0 Å². The summed E-state index contributed by atoms with van der Waals surface area (Å²) in [5.41, 5.74) is -0.704. The third-order valence-corrected chi connectivity index (χ3v) is 12.8. The molecule has 7 rings (SSSR count). The van der Waals surface area contributed by atoms with E-state index in [4.69, 9.17) is 5.11 Å². The minimum atomic E-state index is -1.62. The minimum absolute atomic E-state index is 0.0206. The SMILES string of the molecule is CC(=O)NC(CS)C(=O)O.C[C@]12C=CC(=O)C=C1CC[C@@H]1[C@@H]2C(=O)C[C@@]2(C)[C@H]1CC[C@]2(O)C(=O)CO.Cn1cnc([N+](=O)[O-])c1Sc1ncnc2nc[nH]c12. The van der Waals surface area contributed by atoms with Crippen molar-refractivity contribution in [1.29, 1.82) is 0 Å². The van der Waals surface area contributed by atoms with Crippen LogP contribution in [0.2, 0.25) is 0 Å². The number of rotatable bonds is 8. The summed E-state index contributed by atoms with van der Waals surface area (Å²) in [4.78, 5) is 87.1. The number of aromatic amines is 1. The topological polar surface area (TPSA) is 273 Å². The van der Waals surface area contributed by atoms with E-state index >= 15 is 0 Å². The monoisotopic (exact) mass is 798 g/mol. The summed E-state index contributed by atoms with van der Waals surface area (Å²) in [5.74, 6) is -2.10. The zero-order valence-electron chi connectivity index (χ0n) is 30.5. The van der Waals surface area contributed by atoms with Gasteiger partial charge in [-0.05, 0) is 71.3 Å². The van der Waals surface area contributed by atoms with Gasteiger partial charge in [-0.25, -0.2) is 19.7 Å². The molecule has 294 valence electrons.